The SMILES string of the molecule is C=CCn1c(SCC(=O)OC)nnc1C(C)C. The lowest BCUT2D eigenvalue weighted by Gasteiger charge is -2.08. The Labute approximate surface area is 105 Å². The average Bonchev–Trinajstić information content (AvgIpc) is 2.70. The fraction of sp³-hybridized carbons (Fsp3) is 0.545. The number of methoxy groups -OCH3 is 1. The van der Waals surface area contributed by atoms with Crippen molar-refractivity contribution in [1.29, 1.82) is 0 Å². The molecule has 0 bridgehead atoms. The Morgan fingerprint density at radius 1 is 1.59 bits per heavy atom. The van der Waals surface area contributed by atoms with Gasteiger partial charge < -0.3 is 9.30 Å². The molecule has 1 rings (SSSR count). The van der Waals surface area contributed by atoms with E-state index in [4.69, 9.17) is 0 Å². The summed E-state index contributed by atoms with van der Waals surface area (Å²) in [5.41, 5.74) is 0. The molecule has 0 aliphatic carbocycles. The number of ether oxygens (including phenoxy) is 1. The highest BCUT2D eigenvalue weighted by Gasteiger charge is 2.15. The molecule has 0 aliphatic heterocycles. The monoisotopic (exact) mass is 255 g/mol. The van der Waals surface area contributed by atoms with Gasteiger partial charge in [-0.2, -0.15) is 0 Å². The van der Waals surface area contributed by atoms with Crippen molar-refractivity contribution in [2.75, 3.05) is 12.9 Å². The zero-order valence-electron chi connectivity index (χ0n) is 10.3. The van der Waals surface area contributed by atoms with Gasteiger partial charge in [-0.05, 0) is 0 Å². The highest BCUT2D eigenvalue weighted by molar-refractivity contribution is 7.99. The quantitative estimate of drug-likeness (QED) is 0.441. The summed E-state index contributed by atoms with van der Waals surface area (Å²) < 4.78 is 6.55. The van der Waals surface area contributed by atoms with Crippen LogP contribution >= 0.6 is 11.8 Å². The van der Waals surface area contributed by atoms with Crippen LogP contribution in [-0.2, 0) is 16.1 Å². The number of carbonyl (C=O) groups is 1. The summed E-state index contributed by atoms with van der Waals surface area (Å²) >= 11 is 1.32. The van der Waals surface area contributed by atoms with Crippen LogP contribution < -0.4 is 0 Å². The first kappa shape index (κ1) is 13.8. The molecule has 1 heterocycles. The van der Waals surface area contributed by atoms with Gasteiger partial charge in [-0.15, -0.1) is 16.8 Å². The third kappa shape index (κ3) is 3.59. The standard InChI is InChI=1S/C11H17N3O2S/c1-5-6-14-10(8(2)3)12-13-11(14)17-7-9(15)16-4/h5,8H,1,6-7H2,2-4H3. The molecule has 0 atom stereocenters. The lowest BCUT2D eigenvalue weighted by molar-refractivity contribution is -0.137. The van der Waals surface area contributed by atoms with Crippen molar-refractivity contribution in [1.82, 2.24) is 14.8 Å². The molecule has 0 aromatic carbocycles. The Bertz CT molecular complexity index is 401. The molecule has 0 unspecified atom stereocenters. The minimum absolute atomic E-state index is 0.240. The number of rotatable bonds is 6. The Morgan fingerprint density at radius 2 is 2.29 bits per heavy atom. The first-order chi connectivity index (χ1) is 8.10. The molecule has 94 valence electrons. The number of thioether (sulfide) groups is 1. The molecule has 0 radical (unpaired) electrons. The summed E-state index contributed by atoms with van der Waals surface area (Å²) in [5.74, 6) is 1.16. The molecule has 0 saturated heterocycles. The van der Waals surface area contributed by atoms with E-state index >= 15 is 0 Å². The predicted molar refractivity (Wildman–Crippen MR) is 67.0 cm³/mol. The average molecular weight is 255 g/mol. The predicted octanol–water partition coefficient (Wildman–Crippen LogP) is 1.85. The van der Waals surface area contributed by atoms with Gasteiger partial charge in [0.1, 0.15) is 5.82 Å². The molecule has 0 fully saturated rings. The molecule has 0 spiro atoms. The number of allylic oxidation sites excluding steroid dienone is 1. The summed E-state index contributed by atoms with van der Waals surface area (Å²) in [6.45, 7) is 8.46. The Morgan fingerprint density at radius 3 is 2.82 bits per heavy atom. The second-order valence-corrected chi connectivity index (χ2v) is 4.70. The zero-order chi connectivity index (χ0) is 12.8. The number of carbonyl (C=O) groups excluding carboxylic acids is 1. The van der Waals surface area contributed by atoms with Crippen LogP contribution in [-0.4, -0.2) is 33.6 Å². The molecule has 0 saturated carbocycles. The van der Waals surface area contributed by atoms with Gasteiger partial charge in [0.05, 0.1) is 12.9 Å². The van der Waals surface area contributed by atoms with Crippen molar-refractivity contribution in [3.63, 3.8) is 0 Å². The minimum atomic E-state index is -0.269. The summed E-state index contributed by atoms with van der Waals surface area (Å²) in [6, 6.07) is 0. The number of nitrogens with zero attached hydrogens (tertiary/aromatic N) is 3. The minimum Gasteiger partial charge on any atom is -0.468 e. The lowest BCUT2D eigenvalue weighted by atomic mass is 10.2. The number of hydrogen-bond acceptors (Lipinski definition) is 5. The van der Waals surface area contributed by atoms with E-state index in [1.165, 1.54) is 18.9 Å². The summed E-state index contributed by atoms with van der Waals surface area (Å²) in [6.07, 6.45) is 1.79. The van der Waals surface area contributed by atoms with Crippen LogP contribution in [0.15, 0.2) is 17.8 Å². The molecular weight excluding hydrogens is 238 g/mol. The molecule has 0 aliphatic rings. The number of aromatic nitrogens is 3. The van der Waals surface area contributed by atoms with Gasteiger partial charge in [-0.25, -0.2) is 0 Å². The second kappa shape index (κ2) is 6.44. The maximum atomic E-state index is 11.1. The molecule has 5 nitrogen and oxygen atoms in total. The van der Waals surface area contributed by atoms with Crippen molar-refractivity contribution in [2.45, 2.75) is 31.5 Å². The third-order valence-electron chi connectivity index (χ3n) is 2.12. The van der Waals surface area contributed by atoms with Crippen LogP contribution in [0.2, 0.25) is 0 Å². The maximum absolute atomic E-state index is 11.1. The summed E-state index contributed by atoms with van der Waals surface area (Å²) in [5, 5.41) is 8.93. The van der Waals surface area contributed by atoms with E-state index in [0.717, 1.165) is 11.0 Å². The van der Waals surface area contributed by atoms with Crippen LogP contribution in [0.5, 0.6) is 0 Å². The maximum Gasteiger partial charge on any atom is 0.316 e. The van der Waals surface area contributed by atoms with Crippen LogP contribution in [0.25, 0.3) is 0 Å². The topological polar surface area (TPSA) is 57.0 Å². The van der Waals surface area contributed by atoms with Crippen LogP contribution in [0.3, 0.4) is 0 Å². The zero-order valence-corrected chi connectivity index (χ0v) is 11.2. The van der Waals surface area contributed by atoms with E-state index in [2.05, 4.69) is 35.4 Å². The normalized spacial score (nSPS) is 10.6. The lowest BCUT2D eigenvalue weighted by Crippen LogP contribution is -2.08. The van der Waals surface area contributed by atoms with Crippen molar-refractivity contribution in [3.8, 4) is 0 Å². The molecule has 1 aromatic heterocycles. The van der Waals surface area contributed by atoms with Crippen molar-refractivity contribution < 1.29 is 9.53 Å². The van der Waals surface area contributed by atoms with E-state index in [0.29, 0.717) is 6.54 Å². The van der Waals surface area contributed by atoms with Crippen LogP contribution in [0.1, 0.15) is 25.6 Å². The van der Waals surface area contributed by atoms with Gasteiger partial charge in [0.25, 0.3) is 0 Å². The van der Waals surface area contributed by atoms with Gasteiger partial charge >= 0.3 is 5.97 Å². The molecule has 6 heteroatoms. The van der Waals surface area contributed by atoms with E-state index in [1.807, 2.05) is 4.57 Å². The molecule has 0 amide bonds. The van der Waals surface area contributed by atoms with Crippen LogP contribution in [0.4, 0.5) is 0 Å². The highest BCUT2D eigenvalue weighted by atomic mass is 32.2. The molecule has 0 N–H and O–H groups in total. The molecule has 1 aromatic rings. The van der Waals surface area contributed by atoms with Gasteiger partial charge in [0.15, 0.2) is 5.16 Å². The first-order valence-corrected chi connectivity index (χ1v) is 6.32. The highest BCUT2D eigenvalue weighted by Crippen LogP contribution is 2.21. The van der Waals surface area contributed by atoms with Crippen LogP contribution in [0, 0.1) is 0 Å². The molecular formula is C11H17N3O2S. The number of hydrogen-bond donors (Lipinski definition) is 0. The van der Waals surface area contributed by atoms with Crippen molar-refractivity contribution in [2.24, 2.45) is 0 Å². The summed E-state index contributed by atoms with van der Waals surface area (Å²) in [7, 11) is 1.37. The smallest absolute Gasteiger partial charge is 0.316 e. The fourth-order valence-electron chi connectivity index (χ4n) is 1.32. The largest absolute Gasteiger partial charge is 0.468 e. The van der Waals surface area contributed by atoms with Crippen molar-refractivity contribution >= 4 is 17.7 Å². The van der Waals surface area contributed by atoms with Gasteiger partial charge in [-0.1, -0.05) is 31.7 Å². The summed E-state index contributed by atoms with van der Waals surface area (Å²) in [4.78, 5) is 11.1. The van der Waals surface area contributed by atoms with Gasteiger partial charge in [-0.3, -0.25) is 4.79 Å². The third-order valence-corrected chi connectivity index (χ3v) is 3.06. The Kier molecular flexibility index (Phi) is 5.21. The fourth-order valence-corrected chi connectivity index (χ4v) is 2.10. The van der Waals surface area contributed by atoms with E-state index in [9.17, 15) is 4.79 Å². The number of esters is 1. The Hall–Kier alpha value is -1.30. The van der Waals surface area contributed by atoms with Crippen molar-refractivity contribution in [3.05, 3.63) is 18.5 Å². The second-order valence-electron chi connectivity index (χ2n) is 3.76. The first-order valence-electron chi connectivity index (χ1n) is 5.33. The van der Waals surface area contributed by atoms with Gasteiger partial charge in [0, 0.05) is 12.5 Å². The molecule has 17 heavy (non-hydrogen) atoms. The van der Waals surface area contributed by atoms with E-state index < -0.39 is 0 Å². The van der Waals surface area contributed by atoms with E-state index in [1.54, 1.807) is 6.08 Å². The van der Waals surface area contributed by atoms with Gasteiger partial charge in [0.2, 0.25) is 0 Å². The Balaban J connectivity index is 2.84. The van der Waals surface area contributed by atoms with E-state index in [-0.39, 0.29) is 17.6 Å².